The molecule has 326 valence electrons. The molecule has 0 amide bonds. The van der Waals surface area contributed by atoms with Gasteiger partial charge in [-0.1, -0.05) is 170 Å². The molecule has 0 aliphatic carbocycles. The lowest BCUT2D eigenvalue weighted by molar-refractivity contribution is 0.669. The summed E-state index contributed by atoms with van der Waals surface area (Å²) < 4.78 is 17.3. The van der Waals surface area contributed by atoms with Crippen LogP contribution in [0.3, 0.4) is 0 Å². The van der Waals surface area contributed by atoms with Gasteiger partial charge in [0.1, 0.15) is 22.3 Å². The molecule has 7 heteroatoms. The van der Waals surface area contributed by atoms with Crippen molar-refractivity contribution in [2.24, 2.45) is 0 Å². The van der Waals surface area contributed by atoms with Crippen LogP contribution in [0.5, 0.6) is 0 Å². The topological polar surface area (TPSA) is 74.8 Å². The van der Waals surface area contributed by atoms with Crippen LogP contribution in [0.1, 0.15) is 0 Å². The molecule has 0 aliphatic heterocycles. The number of aromatic nitrogens is 5. The van der Waals surface area contributed by atoms with Gasteiger partial charge in [0.2, 0.25) is 11.9 Å². The van der Waals surface area contributed by atoms with E-state index in [1.54, 1.807) is 0 Å². The lowest BCUT2D eigenvalue weighted by Gasteiger charge is -2.14. The molecule has 0 fully saturated rings. The van der Waals surface area contributed by atoms with Gasteiger partial charge in [0, 0.05) is 59.8 Å². The Morgan fingerprint density at radius 2 is 0.757 bits per heavy atom. The Balaban J connectivity index is 0.943. The highest BCUT2D eigenvalue weighted by Gasteiger charge is 2.23. The van der Waals surface area contributed by atoms with Crippen molar-refractivity contribution in [1.82, 2.24) is 24.1 Å². The van der Waals surface area contributed by atoms with Crippen LogP contribution in [-0.4, -0.2) is 24.1 Å². The molecule has 7 nitrogen and oxygen atoms in total. The lowest BCUT2D eigenvalue weighted by Crippen LogP contribution is -2.10. The third kappa shape index (κ3) is 5.79. The second kappa shape index (κ2) is 15.0. The van der Waals surface area contributed by atoms with Gasteiger partial charge in [-0.05, 0) is 76.9 Å². The largest absolute Gasteiger partial charge is 0.456 e. The van der Waals surface area contributed by atoms with Crippen molar-refractivity contribution in [2.75, 3.05) is 0 Å². The van der Waals surface area contributed by atoms with Gasteiger partial charge >= 0.3 is 0 Å². The molecule has 15 aromatic rings. The molecule has 0 atom stereocenters. The summed E-state index contributed by atoms with van der Waals surface area (Å²) in [6.45, 7) is 0. The average Bonchev–Trinajstić information content (AvgIpc) is 4.18. The first-order chi connectivity index (χ1) is 34.7. The highest BCUT2D eigenvalue weighted by Crippen LogP contribution is 2.42. The van der Waals surface area contributed by atoms with Gasteiger partial charge in [0.25, 0.3) is 0 Å². The quantitative estimate of drug-likeness (QED) is 0.166. The number of rotatable bonds is 6. The monoisotopic (exact) mass is 895 g/mol. The van der Waals surface area contributed by atoms with Gasteiger partial charge in [0.05, 0.1) is 22.1 Å². The normalized spacial score (nSPS) is 12.0. The zero-order valence-corrected chi connectivity index (χ0v) is 37.4. The predicted molar refractivity (Wildman–Crippen MR) is 285 cm³/mol. The molecule has 0 saturated heterocycles. The second-order valence-electron chi connectivity index (χ2n) is 17.9. The summed E-state index contributed by atoms with van der Waals surface area (Å²) in [7, 11) is 0. The van der Waals surface area contributed by atoms with Crippen molar-refractivity contribution in [3.8, 4) is 56.7 Å². The summed E-state index contributed by atoms with van der Waals surface area (Å²) in [5, 5.41) is 8.81. The number of hydrogen-bond donors (Lipinski definition) is 0. The zero-order chi connectivity index (χ0) is 45.9. The Kier molecular flexibility index (Phi) is 8.23. The molecule has 0 spiro atoms. The second-order valence-corrected chi connectivity index (χ2v) is 17.9. The van der Waals surface area contributed by atoms with Crippen molar-refractivity contribution in [3.63, 3.8) is 0 Å². The third-order valence-electron chi connectivity index (χ3n) is 14.0. The Morgan fingerprint density at radius 3 is 1.44 bits per heavy atom. The van der Waals surface area contributed by atoms with Crippen LogP contribution < -0.4 is 0 Å². The minimum absolute atomic E-state index is 0.508. The molecule has 5 aromatic heterocycles. The molecule has 10 aromatic carbocycles. The van der Waals surface area contributed by atoms with E-state index in [0.29, 0.717) is 17.7 Å². The molecule has 0 radical (unpaired) electrons. The molecule has 0 aliphatic rings. The van der Waals surface area contributed by atoms with Crippen LogP contribution in [0.4, 0.5) is 0 Å². The Bertz CT molecular complexity index is 4570. The van der Waals surface area contributed by atoms with Gasteiger partial charge in [-0.3, -0.25) is 9.13 Å². The average molecular weight is 896 g/mol. The van der Waals surface area contributed by atoms with Crippen molar-refractivity contribution in [1.29, 1.82) is 0 Å². The van der Waals surface area contributed by atoms with Gasteiger partial charge in [-0.25, -0.2) is 0 Å². The number of furan rings is 2. The Morgan fingerprint density at radius 1 is 0.286 bits per heavy atom. The first kappa shape index (κ1) is 38.5. The molecule has 0 bridgehead atoms. The molecule has 0 saturated carbocycles. The van der Waals surface area contributed by atoms with Crippen LogP contribution in [0.15, 0.2) is 233 Å². The summed E-state index contributed by atoms with van der Waals surface area (Å²) in [6.07, 6.45) is 0. The van der Waals surface area contributed by atoms with E-state index in [2.05, 4.69) is 203 Å². The SMILES string of the molecule is c1cc(-c2cccc(-c3cccc4c5ccccc5n(-c5nc(-c6ccc7c(c6)oc6ccccc67)nc(-n6c7ccccc7c7ccccc76)n5)c34)c2)cc(-c2cccc3c2oc2ccccc23)c1. The predicted octanol–water partition coefficient (Wildman–Crippen LogP) is 16.5. The summed E-state index contributed by atoms with van der Waals surface area (Å²) in [4.78, 5) is 16.3. The maximum Gasteiger partial charge on any atom is 0.240 e. The highest BCUT2D eigenvalue weighted by atomic mass is 16.3. The van der Waals surface area contributed by atoms with Gasteiger partial charge in [0.15, 0.2) is 5.82 Å². The van der Waals surface area contributed by atoms with Gasteiger partial charge < -0.3 is 8.83 Å². The lowest BCUT2D eigenvalue weighted by atomic mass is 9.95. The van der Waals surface area contributed by atoms with E-state index >= 15 is 0 Å². The van der Waals surface area contributed by atoms with Crippen molar-refractivity contribution in [2.45, 2.75) is 0 Å². The summed E-state index contributed by atoms with van der Waals surface area (Å²) >= 11 is 0. The van der Waals surface area contributed by atoms with Crippen molar-refractivity contribution in [3.05, 3.63) is 224 Å². The molecule has 0 unspecified atom stereocenters. The van der Waals surface area contributed by atoms with Crippen LogP contribution in [0, 0.1) is 0 Å². The van der Waals surface area contributed by atoms with E-state index in [-0.39, 0.29) is 0 Å². The minimum atomic E-state index is 0.508. The number of para-hydroxylation sites is 7. The fourth-order valence-corrected chi connectivity index (χ4v) is 10.9. The first-order valence-corrected chi connectivity index (χ1v) is 23.5. The fraction of sp³-hybridized carbons (Fsp3) is 0. The highest BCUT2D eigenvalue weighted by molar-refractivity contribution is 6.14. The van der Waals surface area contributed by atoms with Crippen LogP contribution in [-0.2, 0) is 0 Å². The zero-order valence-electron chi connectivity index (χ0n) is 37.4. The number of hydrogen-bond acceptors (Lipinski definition) is 5. The Labute approximate surface area is 399 Å². The van der Waals surface area contributed by atoms with Crippen molar-refractivity contribution >= 4 is 87.5 Å². The van der Waals surface area contributed by atoms with Gasteiger partial charge in [-0.2, -0.15) is 15.0 Å². The first-order valence-electron chi connectivity index (χ1n) is 23.5. The van der Waals surface area contributed by atoms with E-state index < -0.39 is 0 Å². The summed E-state index contributed by atoms with van der Waals surface area (Å²) in [6, 6.07) is 78.7. The smallest absolute Gasteiger partial charge is 0.240 e. The van der Waals surface area contributed by atoms with Crippen molar-refractivity contribution < 1.29 is 8.83 Å². The molecule has 5 heterocycles. The Hall–Kier alpha value is -9.59. The maximum atomic E-state index is 6.48. The van der Waals surface area contributed by atoms with Crippen LogP contribution in [0.2, 0.25) is 0 Å². The number of nitrogens with zero attached hydrogens (tertiary/aromatic N) is 5. The van der Waals surface area contributed by atoms with E-state index in [1.165, 1.54) is 0 Å². The van der Waals surface area contributed by atoms with E-state index in [0.717, 1.165) is 126 Å². The molecular weight excluding hydrogens is 859 g/mol. The fourth-order valence-electron chi connectivity index (χ4n) is 10.9. The van der Waals surface area contributed by atoms with E-state index in [1.807, 2.05) is 30.3 Å². The molecular formula is C63H37N5O2. The molecule has 0 N–H and O–H groups in total. The summed E-state index contributed by atoms with van der Waals surface area (Å²) in [5.74, 6) is 1.56. The van der Waals surface area contributed by atoms with Crippen LogP contribution >= 0.6 is 0 Å². The maximum absolute atomic E-state index is 6.48. The number of benzene rings is 10. The molecule has 70 heavy (non-hydrogen) atoms. The standard InChI is InChI=1S/C63H37N5O2/c1-6-28-53-45(19-1)46-20-2-7-29-54(46)67(53)62-64-61(42-33-34-50-48-22-4-9-31-56(48)69-58(50)37-42)65-63(66-62)68-55-30-8-3-21-47(55)51-26-13-24-43(59(51)68)40-17-11-15-38(35-40)39-16-12-18-41(36-39)44-25-14-27-52-49-23-5-10-32-57(49)70-60(44)52/h1-37H. The summed E-state index contributed by atoms with van der Waals surface area (Å²) in [5.41, 5.74) is 14.7. The van der Waals surface area contributed by atoms with E-state index in [4.69, 9.17) is 23.8 Å². The van der Waals surface area contributed by atoms with Gasteiger partial charge in [-0.15, -0.1) is 0 Å². The number of fused-ring (bicyclic) bond motifs is 12. The van der Waals surface area contributed by atoms with E-state index in [9.17, 15) is 0 Å². The minimum Gasteiger partial charge on any atom is -0.456 e. The molecule has 15 rings (SSSR count). The third-order valence-corrected chi connectivity index (χ3v) is 14.0. The van der Waals surface area contributed by atoms with Crippen LogP contribution in [0.25, 0.3) is 144 Å².